The molecule has 1 rings (SSSR count). The van der Waals surface area contributed by atoms with Crippen LogP contribution in [0.25, 0.3) is 0 Å². The van der Waals surface area contributed by atoms with Gasteiger partial charge in [0.2, 0.25) is 5.91 Å². The number of carbonyl (C=O) groups is 1. The predicted octanol–water partition coefficient (Wildman–Crippen LogP) is 1.19. The molecule has 0 bridgehead atoms. The summed E-state index contributed by atoms with van der Waals surface area (Å²) in [6, 6.07) is 3.43. The number of carbonyl (C=O) groups excluding carboxylic acids is 1. The SMILES string of the molecule is CC(=O)Nc1ccc(S(C)(=O)=O)c(F)c1. The lowest BCUT2D eigenvalue weighted by atomic mass is 10.3. The van der Waals surface area contributed by atoms with Crippen LogP contribution in [0.2, 0.25) is 0 Å². The van der Waals surface area contributed by atoms with Gasteiger partial charge in [-0.3, -0.25) is 4.79 Å². The van der Waals surface area contributed by atoms with Crippen LogP contribution in [0.1, 0.15) is 6.92 Å². The zero-order valence-electron chi connectivity index (χ0n) is 8.24. The third kappa shape index (κ3) is 3.02. The number of hydrogen-bond donors (Lipinski definition) is 1. The largest absolute Gasteiger partial charge is 0.326 e. The van der Waals surface area contributed by atoms with Crippen molar-refractivity contribution in [3.8, 4) is 0 Å². The molecule has 1 aromatic carbocycles. The van der Waals surface area contributed by atoms with Crippen molar-refractivity contribution in [2.45, 2.75) is 11.8 Å². The number of rotatable bonds is 2. The molecule has 0 aliphatic carbocycles. The van der Waals surface area contributed by atoms with Gasteiger partial charge in [-0.15, -0.1) is 0 Å². The van der Waals surface area contributed by atoms with Crippen LogP contribution in [0, 0.1) is 5.82 Å². The number of hydrogen-bond acceptors (Lipinski definition) is 3. The maximum Gasteiger partial charge on any atom is 0.221 e. The Morgan fingerprint density at radius 1 is 1.40 bits per heavy atom. The van der Waals surface area contributed by atoms with E-state index in [1.54, 1.807) is 0 Å². The van der Waals surface area contributed by atoms with Crippen molar-refractivity contribution in [2.75, 3.05) is 11.6 Å². The van der Waals surface area contributed by atoms with Gasteiger partial charge in [0.1, 0.15) is 10.7 Å². The summed E-state index contributed by atoms with van der Waals surface area (Å²) in [5, 5.41) is 2.35. The van der Waals surface area contributed by atoms with Gasteiger partial charge in [0.15, 0.2) is 9.84 Å². The first-order chi connectivity index (χ1) is 6.80. The van der Waals surface area contributed by atoms with E-state index in [4.69, 9.17) is 0 Å². The van der Waals surface area contributed by atoms with Crippen LogP contribution in [0.3, 0.4) is 0 Å². The van der Waals surface area contributed by atoms with Crippen molar-refractivity contribution in [3.05, 3.63) is 24.0 Å². The minimum Gasteiger partial charge on any atom is -0.326 e. The Morgan fingerprint density at radius 3 is 2.40 bits per heavy atom. The maximum atomic E-state index is 13.3. The van der Waals surface area contributed by atoms with E-state index in [1.165, 1.54) is 13.0 Å². The number of anilines is 1. The van der Waals surface area contributed by atoms with Crippen molar-refractivity contribution >= 4 is 21.4 Å². The highest BCUT2D eigenvalue weighted by atomic mass is 32.2. The molecule has 15 heavy (non-hydrogen) atoms. The normalized spacial score (nSPS) is 11.1. The molecule has 0 aromatic heterocycles. The van der Waals surface area contributed by atoms with E-state index in [2.05, 4.69) is 5.32 Å². The Morgan fingerprint density at radius 2 is 2.00 bits per heavy atom. The van der Waals surface area contributed by atoms with Gasteiger partial charge in [0, 0.05) is 18.9 Å². The molecule has 0 radical (unpaired) electrons. The summed E-state index contributed by atoms with van der Waals surface area (Å²) in [6.45, 7) is 1.28. The van der Waals surface area contributed by atoms with E-state index < -0.39 is 15.7 Å². The highest BCUT2D eigenvalue weighted by molar-refractivity contribution is 7.90. The zero-order valence-corrected chi connectivity index (χ0v) is 9.06. The first-order valence-corrected chi connectivity index (χ1v) is 5.97. The molecule has 0 heterocycles. The summed E-state index contributed by atoms with van der Waals surface area (Å²) in [5.74, 6) is -1.22. The number of nitrogens with one attached hydrogen (secondary N) is 1. The lowest BCUT2D eigenvalue weighted by Crippen LogP contribution is -2.07. The van der Waals surface area contributed by atoms with Gasteiger partial charge in [0.25, 0.3) is 0 Å². The fourth-order valence-corrected chi connectivity index (χ4v) is 1.81. The first-order valence-electron chi connectivity index (χ1n) is 4.08. The topological polar surface area (TPSA) is 63.2 Å². The van der Waals surface area contributed by atoms with Crippen molar-refractivity contribution in [1.82, 2.24) is 0 Å². The molecule has 0 unspecified atom stereocenters. The van der Waals surface area contributed by atoms with E-state index >= 15 is 0 Å². The minimum absolute atomic E-state index is 0.229. The highest BCUT2D eigenvalue weighted by Gasteiger charge is 2.13. The molecule has 0 atom stereocenters. The molecule has 0 aliphatic rings. The third-order valence-corrected chi connectivity index (χ3v) is 2.78. The summed E-state index contributed by atoms with van der Waals surface area (Å²) in [7, 11) is -3.57. The average Bonchev–Trinajstić information content (AvgIpc) is 1.99. The molecule has 82 valence electrons. The molecule has 6 heteroatoms. The van der Waals surface area contributed by atoms with Gasteiger partial charge in [0.05, 0.1) is 0 Å². The van der Waals surface area contributed by atoms with Crippen molar-refractivity contribution in [2.24, 2.45) is 0 Å². The van der Waals surface area contributed by atoms with E-state index in [1.807, 2.05) is 0 Å². The van der Waals surface area contributed by atoms with Crippen LogP contribution < -0.4 is 5.32 Å². The van der Waals surface area contributed by atoms with Crippen molar-refractivity contribution in [1.29, 1.82) is 0 Å². The van der Waals surface area contributed by atoms with Crippen LogP contribution in [-0.2, 0) is 14.6 Å². The molecule has 1 aromatic rings. The van der Waals surface area contributed by atoms with Crippen molar-refractivity contribution < 1.29 is 17.6 Å². The van der Waals surface area contributed by atoms with Gasteiger partial charge in [-0.1, -0.05) is 0 Å². The molecular weight excluding hydrogens is 221 g/mol. The lowest BCUT2D eigenvalue weighted by Gasteiger charge is -2.04. The fourth-order valence-electron chi connectivity index (χ4n) is 1.08. The van der Waals surface area contributed by atoms with E-state index in [0.29, 0.717) is 0 Å². The Labute approximate surface area is 87.0 Å². The summed E-state index contributed by atoms with van der Waals surface area (Å²) in [6.07, 6.45) is 0.920. The van der Waals surface area contributed by atoms with Gasteiger partial charge in [-0.25, -0.2) is 12.8 Å². The summed E-state index contributed by atoms with van der Waals surface area (Å²) < 4.78 is 35.4. The molecule has 0 saturated carbocycles. The second-order valence-electron chi connectivity index (χ2n) is 3.10. The van der Waals surface area contributed by atoms with E-state index in [0.717, 1.165) is 18.4 Å². The standard InChI is InChI=1S/C9H10FNO3S/c1-6(12)11-7-3-4-9(8(10)5-7)15(2,13)14/h3-5H,1-2H3,(H,11,12). The van der Waals surface area contributed by atoms with Gasteiger partial charge in [-0.2, -0.15) is 0 Å². The molecule has 4 nitrogen and oxygen atoms in total. The Balaban J connectivity index is 3.15. The van der Waals surface area contributed by atoms with E-state index in [-0.39, 0.29) is 16.5 Å². The summed E-state index contributed by atoms with van der Waals surface area (Å²) in [4.78, 5) is 10.3. The van der Waals surface area contributed by atoms with Gasteiger partial charge < -0.3 is 5.32 Å². The molecule has 0 aliphatic heterocycles. The average molecular weight is 231 g/mol. The lowest BCUT2D eigenvalue weighted by molar-refractivity contribution is -0.114. The monoisotopic (exact) mass is 231 g/mol. The zero-order chi connectivity index (χ0) is 11.6. The van der Waals surface area contributed by atoms with Crippen LogP contribution in [0.5, 0.6) is 0 Å². The smallest absolute Gasteiger partial charge is 0.221 e. The van der Waals surface area contributed by atoms with Crippen molar-refractivity contribution in [3.63, 3.8) is 0 Å². The molecule has 0 spiro atoms. The Bertz CT molecular complexity index is 496. The van der Waals surface area contributed by atoms with Crippen LogP contribution >= 0.6 is 0 Å². The quantitative estimate of drug-likeness (QED) is 0.831. The molecule has 1 N–H and O–H groups in total. The minimum atomic E-state index is -3.57. The molecular formula is C9H10FNO3S. The Hall–Kier alpha value is -1.43. The second kappa shape index (κ2) is 3.98. The number of sulfone groups is 1. The van der Waals surface area contributed by atoms with Crippen LogP contribution in [0.15, 0.2) is 23.1 Å². The first kappa shape index (κ1) is 11.6. The summed E-state index contributed by atoms with van der Waals surface area (Å²) in [5.41, 5.74) is 0.229. The molecule has 1 amide bonds. The second-order valence-corrected chi connectivity index (χ2v) is 5.08. The number of halogens is 1. The number of amides is 1. The molecule has 0 saturated heterocycles. The highest BCUT2D eigenvalue weighted by Crippen LogP contribution is 2.18. The van der Waals surface area contributed by atoms with Gasteiger partial charge in [-0.05, 0) is 18.2 Å². The Kier molecular flexibility index (Phi) is 3.09. The van der Waals surface area contributed by atoms with E-state index in [9.17, 15) is 17.6 Å². The predicted molar refractivity (Wildman–Crippen MR) is 53.8 cm³/mol. The fraction of sp³-hybridized carbons (Fsp3) is 0.222. The van der Waals surface area contributed by atoms with Crippen LogP contribution in [0.4, 0.5) is 10.1 Å². The van der Waals surface area contributed by atoms with Gasteiger partial charge >= 0.3 is 0 Å². The third-order valence-electron chi connectivity index (χ3n) is 1.65. The molecule has 0 fully saturated rings. The maximum absolute atomic E-state index is 13.3. The summed E-state index contributed by atoms with van der Waals surface area (Å²) >= 11 is 0. The van der Waals surface area contributed by atoms with Crippen LogP contribution in [-0.4, -0.2) is 20.6 Å². The number of benzene rings is 1.